The summed E-state index contributed by atoms with van der Waals surface area (Å²) < 4.78 is 27.9. The predicted molar refractivity (Wildman–Crippen MR) is 98.2 cm³/mol. The lowest BCUT2D eigenvalue weighted by Gasteiger charge is -2.22. The molecule has 0 aromatic heterocycles. The average molecular weight is 382 g/mol. The van der Waals surface area contributed by atoms with Gasteiger partial charge >= 0.3 is 5.97 Å². The molecule has 2 saturated carbocycles. The Morgan fingerprint density at radius 3 is 2.22 bits per heavy atom. The maximum absolute atomic E-state index is 11.9. The molecule has 0 N–H and O–H groups in total. The van der Waals surface area contributed by atoms with E-state index in [1.165, 1.54) is 12.8 Å². The molecule has 6 nitrogen and oxygen atoms in total. The van der Waals surface area contributed by atoms with Crippen LogP contribution >= 0.6 is 0 Å². The molecule has 0 amide bonds. The summed E-state index contributed by atoms with van der Waals surface area (Å²) in [7, 11) is 1.69. The van der Waals surface area contributed by atoms with Crippen LogP contribution in [-0.2, 0) is 28.5 Å². The van der Waals surface area contributed by atoms with Gasteiger partial charge in [-0.3, -0.25) is 4.79 Å². The first-order valence-corrected chi connectivity index (χ1v) is 10.8. The van der Waals surface area contributed by atoms with Crippen LogP contribution in [0.2, 0.25) is 0 Å². The summed E-state index contributed by atoms with van der Waals surface area (Å²) in [6.07, 6.45) is 11.6. The molecule has 0 radical (unpaired) electrons. The number of esters is 1. The van der Waals surface area contributed by atoms with Crippen molar-refractivity contribution in [3.63, 3.8) is 0 Å². The Labute approximate surface area is 162 Å². The number of methoxy groups -OCH3 is 1. The molecular weight excluding hydrogens is 348 g/mol. The number of epoxide rings is 2. The molecular formula is C21H34O6. The molecule has 7 atom stereocenters. The Bertz CT molecular complexity index is 497. The maximum Gasteiger partial charge on any atom is 0.305 e. The summed E-state index contributed by atoms with van der Waals surface area (Å²) in [6, 6.07) is 0. The molecule has 2 heterocycles. The molecule has 2 aliphatic carbocycles. The number of carbonyl (C=O) groups is 1. The standard InChI is InChI=1S/C21H34O6/c1-23-21(25-13-15-7-9-17-19(11-15)27-17)5-3-2-4-20(22)24-12-14-6-8-16-18(10-14)26-16/h14-19,21H,2-13H2,1H3. The molecule has 154 valence electrons. The number of carbonyl (C=O) groups excluding carboxylic acids is 1. The fraction of sp³-hybridized carbons (Fsp3) is 0.952. The van der Waals surface area contributed by atoms with Crippen molar-refractivity contribution < 1.29 is 28.5 Å². The highest BCUT2D eigenvalue weighted by Gasteiger charge is 2.44. The molecule has 7 unspecified atom stereocenters. The van der Waals surface area contributed by atoms with E-state index in [4.69, 9.17) is 23.7 Å². The predicted octanol–water partition coefficient (Wildman–Crippen LogP) is 3.21. The van der Waals surface area contributed by atoms with Crippen LogP contribution in [0.3, 0.4) is 0 Å². The highest BCUT2D eigenvalue weighted by atomic mass is 16.7. The van der Waals surface area contributed by atoms with E-state index < -0.39 is 0 Å². The van der Waals surface area contributed by atoms with Crippen molar-refractivity contribution in [2.24, 2.45) is 11.8 Å². The molecule has 2 saturated heterocycles. The van der Waals surface area contributed by atoms with Crippen LogP contribution in [0.1, 0.15) is 64.2 Å². The highest BCUT2D eigenvalue weighted by molar-refractivity contribution is 5.69. The first-order chi connectivity index (χ1) is 13.2. The number of rotatable bonds is 11. The topological polar surface area (TPSA) is 69.8 Å². The van der Waals surface area contributed by atoms with Gasteiger partial charge in [0.05, 0.1) is 37.6 Å². The second-order valence-corrected chi connectivity index (χ2v) is 8.71. The van der Waals surface area contributed by atoms with Gasteiger partial charge < -0.3 is 23.7 Å². The van der Waals surface area contributed by atoms with Crippen molar-refractivity contribution >= 4 is 5.97 Å². The van der Waals surface area contributed by atoms with Gasteiger partial charge in [-0.15, -0.1) is 0 Å². The van der Waals surface area contributed by atoms with Gasteiger partial charge in [-0.2, -0.15) is 0 Å². The fourth-order valence-electron chi connectivity index (χ4n) is 4.65. The van der Waals surface area contributed by atoms with Crippen LogP contribution in [-0.4, -0.2) is 57.0 Å². The van der Waals surface area contributed by atoms with E-state index in [1.807, 2.05) is 0 Å². The third-order valence-electron chi connectivity index (χ3n) is 6.56. The van der Waals surface area contributed by atoms with Crippen molar-refractivity contribution in [3.8, 4) is 0 Å². The monoisotopic (exact) mass is 382 g/mol. The average Bonchev–Trinajstić information content (AvgIpc) is 3.59. The largest absolute Gasteiger partial charge is 0.465 e. The number of hydrogen-bond donors (Lipinski definition) is 0. The lowest BCUT2D eigenvalue weighted by Crippen LogP contribution is -2.23. The van der Waals surface area contributed by atoms with Gasteiger partial charge in [-0.25, -0.2) is 0 Å². The van der Waals surface area contributed by atoms with Crippen molar-refractivity contribution in [1.29, 1.82) is 0 Å². The zero-order valence-corrected chi connectivity index (χ0v) is 16.5. The van der Waals surface area contributed by atoms with Gasteiger partial charge in [0.1, 0.15) is 0 Å². The van der Waals surface area contributed by atoms with Crippen molar-refractivity contribution in [2.75, 3.05) is 20.3 Å². The van der Waals surface area contributed by atoms with Crippen LogP contribution in [0.25, 0.3) is 0 Å². The summed E-state index contributed by atoms with van der Waals surface area (Å²) in [4.78, 5) is 11.9. The van der Waals surface area contributed by atoms with Crippen molar-refractivity contribution in [2.45, 2.75) is 94.9 Å². The third-order valence-corrected chi connectivity index (χ3v) is 6.56. The summed E-state index contributed by atoms with van der Waals surface area (Å²) in [6.45, 7) is 1.31. The quantitative estimate of drug-likeness (QED) is 0.237. The number of ether oxygens (including phenoxy) is 5. The summed E-state index contributed by atoms with van der Waals surface area (Å²) in [5.41, 5.74) is 0. The molecule has 0 bridgehead atoms. The molecule has 4 fully saturated rings. The minimum absolute atomic E-state index is 0.0788. The Hall–Kier alpha value is -0.690. The second kappa shape index (κ2) is 9.21. The molecule has 0 aromatic rings. The van der Waals surface area contributed by atoms with E-state index in [2.05, 4.69) is 0 Å². The molecule has 6 heteroatoms. The number of unbranched alkanes of at least 4 members (excludes halogenated alkanes) is 1. The molecule has 27 heavy (non-hydrogen) atoms. The zero-order chi connectivity index (χ0) is 18.6. The van der Waals surface area contributed by atoms with Crippen molar-refractivity contribution in [1.82, 2.24) is 0 Å². The first kappa shape index (κ1) is 19.6. The van der Waals surface area contributed by atoms with Gasteiger partial charge in [0.15, 0.2) is 6.29 Å². The smallest absolute Gasteiger partial charge is 0.305 e. The summed E-state index contributed by atoms with van der Waals surface area (Å²) in [5.74, 6) is 1.00. The van der Waals surface area contributed by atoms with E-state index in [0.717, 1.165) is 51.6 Å². The van der Waals surface area contributed by atoms with E-state index >= 15 is 0 Å². The van der Waals surface area contributed by atoms with Gasteiger partial charge in [0, 0.05) is 13.5 Å². The SMILES string of the molecule is COC(CCCCC(=O)OCC1CCC2OC2C1)OCC1CCC2OC2C1. The van der Waals surface area contributed by atoms with Crippen LogP contribution in [0, 0.1) is 11.8 Å². The molecule has 0 spiro atoms. The van der Waals surface area contributed by atoms with Gasteiger partial charge in [0.2, 0.25) is 0 Å². The molecule has 4 aliphatic rings. The minimum atomic E-state index is -0.174. The number of hydrogen-bond acceptors (Lipinski definition) is 6. The minimum Gasteiger partial charge on any atom is -0.465 e. The Kier molecular flexibility index (Phi) is 6.69. The van der Waals surface area contributed by atoms with E-state index in [9.17, 15) is 4.79 Å². The lowest BCUT2D eigenvalue weighted by molar-refractivity contribution is -0.146. The van der Waals surface area contributed by atoms with Gasteiger partial charge in [-0.05, 0) is 69.6 Å². The first-order valence-electron chi connectivity index (χ1n) is 10.8. The fourth-order valence-corrected chi connectivity index (χ4v) is 4.65. The van der Waals surface area contributed by atoms with Crippen LogP contribution in [0.5, 0.6) is 0 Å². The van der Waals surface area contributed by atoms with E-state index in [1.54, 1.807) is 7.11 Å². The van der Waals surface area contributed by atoms with Crippen LogP contribution in [0.4, 0.5) is 0 Å². The van der Waals surface area contributed by atoms with Crippen LogP contribution < -0.4 is 0 Å². The van der Waals surface area contributed by atoms with E-state index in [0.29, 0.717) is 49.3 Å². The lowest BCUT2D eigenvalue weighted by atomic mass is 9.90. The number of fused-ring (bicyclic) bond motifs is 2. The van der Waals surface area contributed by atoms with E-state index in [-0.39, 0.29) is 12.3 Å². The summed E-state index contributed by atoms with van der Waals surface area (Å²) in [5, 5.41) is 0. The molecule has 2 aliphatic heterocycles. The Balaban J connectivity index is 1.02. The summed E-state index contributed by atoms with van der Waals surface area (Å²) >= 11 is 0. The second-order valence-electron chi connectivity index (χ2n) is 8.71. The van der Waals surface area contributed by atoms with Crippen molar-refractivity contribution in [3.05, 3.63) is 0 Å². The molecule has 4 rings (SSSR count). The Morgan fingerprint density at radius 1 is 0.926 bits per heavy atom. The van der Waals surface area contributed by atoms with Gasteiger partial charge in [0.25, 0.3) is 0 Å². The third kappa shape index (κ3) is 5.89. The zero-order valence-electron chi connectivity index (χ0n) is 16.5. The molecule has 0 aromatic carbocycles. The van der Waals surface area contributed by atoms with Gasteiger partial charge in [-0.1, -0.05) is 0 Å². The Morgan fingerprint density at radius 2 is 1.59 bits per heavy atom. The normalized spacial score (nSPS) is 37.8. The highest BCUT2D eigenvalue weighted by Crippen LogP contribution is 2.40. The maximum atomic E-state index is 11.9. The van der Waals surface area contributed by atoms with Crippen LogP contribution in [0.15, 0.2) is 0 Å².